The van der Waals surface area contributed by atoms with Crippen LogP contribution < -0.4 is 0 Å². The first kappa shape index (κ1) is 32.0. The lowest BCUT2D eigenvalue weighted by Crippen LogP contribution is -1.97. The molecular weight excluding hydrogens is 677 g/mol. The van der Waals surface area contributed by atoms with E-state index in [1.807, 2.05) is 0 Å². The number of fused-ring (bicyclic) bond motifs is 6. The Morgan fingerprint density at radius 3 is 1.45 bits per heavy atom. The van der Waals surface area contributed by atoms with Crippen LogP contribution in [0.15, 0.2) is 218 Å². The van der Waals surface area contributed by atoms with Crippen LogP contribution in [0.1, 0.15) is 0 Å². The third-order valence-corrected chi connectivity index (χ3v) is 11.3. The first-order valence-corrected chi connectivity index (χ1v) is 19.3. The van der Waals surface area contributed by atoms with Gasteiger partial charge in [-0.25, -0.2) is 0 Å². The third-order valence-electron chi connectivity index (χ3n) is 11.3. The molecule has 2 heterocycles. The Morgan fingerprint density at radius 2 is 0.732 bits per heavy atom. The maximum absolute atomic E-state index is 2.43. The summed E-state index contributed by atoms with van der Waals surface area (Å²) in [5, 5.41) is 4.99. The van der Waals surface area contributed by atoms with Gasteiger partial charge in [0, 0.05) is 32.8 Å². The average molecular weight is 713 g/mol. The van der Waals surface area contributed by atoms with Crippen molar-refractivity contribution in [1.82, 2.24) is 9.13 Å². The summed E-state index contributed by atoms with van der Waals surface area (Å²) < 4.78 is 4.86. The SMILES string of the molecule is c1ccc(-c2ccc(-n3c4ccc(-c5ccc6c(c5)c5ccccc5n6-c5ccccc5-c5ccccc5)cc4c4c(-c5ccccc5)cccc43)cc2)cc1. The van der Waals surface area contributed by atoms with Crippen LogP contribution in [0.3, 0.4) is 0 Å². The summed E-state index contributed by atoms with van der Waals surface area (Å²) in [6, 6.07) is 79.3. The Labute approximate surface area is 325 Å². The highest BCUT2D eigenvalue weighted by Gasteiger charge is 2.19. The lowest BCUT2D eigenvalue weighted by Gasteiger charge is -2.14. The van der Waals surface area contributed by atoms with Crippen molar-refractivity contribution < 1.29 is 0 Å². The lowest BCUT2D eigenvalue weighted by atomic mass is 9.97. The van der Waals surface area contributed by atoms with Crippen molar-refractivity contribution in [1.29, 1.82) is 0 Å². The number of hydrogen-bond acceptors (Lipinski definition) is 0. The summed E-state index contributed by atoms with van der Waals surface area (Å²) in [6.45, 7) is 0. The van der Waals surface area contributed by atoms with Gasteiger partial charge in [0.25, 0.3) is 0 Å². The number of hydrogen-bond donors (Lipinski definition) is 0. The molecule has 0 atom stereocenters. The van der Waals surface area contributed by atoms with Gasteiger partial charge in [0.2, 0.25) is 0 Å². The molecule has 0 spiro atoms. The van der Waals surface area contributed by atoms with Gasteiger partial charge in [0.1, 0.15) is 0 Å². The molecule has 9 aromatic carbocycles. The van der Waals surface area contributed by atoms with Crippen LogP contribution >= 0.6 is 0 Å². The summed E-state index contributed by atoms with van der Waals surface area (Å²) in [5.41, 5.74) is 16.8. The van der Waals surface area contributed by atoms with Crippen molar-refractivity contribution in [3.8, 4) is 55.9 Å². The van der Waals surface area contributed by atoms with Crippen molar-refractivity contribution in [2.75, 3.05) is 0 Å². The van der Waals surface area contributed by atoms with E-state index in [4.69, 9.17) is 0 Å². The van der Waals surface area contributed by atoms with E-state index < -0.39 is 0 Å². The van der Waals surface area contributed by atoms with Gasteiger partial charge in [0.05, 0.1) is 27.8 Å². The fourth-order valence-corrected chi connectivity index (χ4v) is 8.76. The monoisotopic (exact) mass is 712 g/mol. The maximum atomic E-state index is 2.43. The van der Waals surface area contributed by atoms with Crippen molar-refractivity contribution in [3.05, 3.63) is 218 Å². The Balaban J connectivity index is 1.11. The van der Waals surface area contributed by atoms with Crippen LogP contribution in [0.5, 0.6) is 0 Å². The van der Waals surface area contributed by atoms with E-state index in [-0.39, 0.29) is 0 Å². The largest absolute Gasteiger partial charge is 0.309 e. The molecule has 2 heteroatoms. The second kappa shape index (κ2) is 13.2. The van der Waals surface area contributed by atoms with E-state index in [1.165, 1.54) is 93.8 Å². The molecule has 0 aliphatic rings. The molecule has 2 aromatic heterocycles. The van der Waals surface area contributed by atoms with E-state index in [1.54, 1.807) is 0 Å². The van der Waals surface area contributed by atoms with Gasteiger partial charge < -0.3 is 9.13 Å². The smallest absolute Gasteiger partial charge is 0.0547 e. The van der Waals surface area contributed by atoms with Gasteiger partial charge >= 0.3 is 0 Å². The van der Waals surface area contributed by atoms with Gasteiger partial charge in [-0.2, -0.15) is 0 Å². The standard InChI is InChI=1S/C54H36N2/c1-4-15-37(16-5-1)38-27-31-43(32-28-38)55-52-34-30-42(36-48(52)54-45(23-14-26-53(54)55)40-19-8-3-9-20-40)41-29-33-51-47(35-41)46-22-11-13-25-50(46)56(51)49-24-12-10-21-44(49)39-17-6-2-7-18-39/h1-36H. The second-order valence-electron chi connectivity index (χ2n) is 14.5. The van der Waals surface area contributed by atoms with Crippen LogP contribution in [-0.4, -0.2) is 9.13 Å². The fourth-order valence-electron chi connectivity index (χ4n) is 8.76. The molecule has 0 saturated heterocycles. The average Bonchev–Trinajstić information content (AvgIpc) is 3.79. The zero-order valence-corrected chi connectivity index (χ0v) is 30.7. The minimum absolute atomic E-state index is 1.15. The zero-order valence-electron chi connectivity index (χ0n) is 30.7. The van der Waals surface area contributed by atoms with Crippen molar-refractivity contribution in [2.24, 2.45) is 0 Å². The van der Waals surface area contributed by atoms with Crippen LogP contribution in [0.25, 0.3) is 99.5 Å². The number of aromatic nitrogens is 2. The molecule has 0 amide bonds. The molecule has 262 valence electrons. The first-order chi connectivity index (χ1) is 27.8. The van der Waals surface area contributed by atoms with Gasteiger partial charge in [-0.05, 0) is 93.5 Å². The fraction of sp³-hybridized carbons (Fsp3) is 0. The molecule has 0 saturated carbocycles. The van der Waals surface area contributed by atoms with E-state index in [0.717, 1.165) is 5.69 Å². The highest BCUT2D eigenvalue weighted by molar-refractivity contribution is 6.17. The van der Waals surface area contributed by atoms with Crippen LogP contribution in [0, 0.1) is 0 Å². The zero-order chi connectivity index (χ0) is 37.0. The maximum Gasteiger partial charge on any atom is 0.0547 e. The molecule has 0 radical (unpaired) electrons. The molecule has 0 fully saturated rings. The summed E-state index contributed by atoms with van der Waals surface area (Å²) in [7, 11) is 0. The predicted octanol–water partition coefficient (Wildman–Crippen LogP) is 14.5. The molecule has 56 heavy (non-hydrogen) atoms. The van der Waals surface area contributed by atoms with Gasteiger partial charge in [-0.1, -0.05) is 164 Å². The Kier molecular flexibility index (Phi) is 7.53. The molecule has 11 aromatic rings. The number of rotatable bonds is 6. The molecule has 0 aliphatic carbocycles. The minimum atomic E-state index is 1.15. The van der Waals surface area contributed by atoms with Crippen LogP contribution in [-0.2, 0) is 0 Å². The van der Waals surface area contributed by atoms with Crippen molar-refractivity contribution in [2.45, 2.75) is 0 Å². The van der Waals surface area contributed by atoms with E-state index in [2.05, 4.69) is 228 Å². The third kappa shape index (κ3) is 5.19. The molecule has 0 N–H and O–H groups in total. The van der Waals surface area contributed by atoms with Crippen molar-refractivity contribution >= 4 is 43.6 Å². The number of nitrogens with zero attached hydrogens (tertiary/aromatic N) is 2. The molecule has 0 aliphatic heterocycles. The molecule has 2 nitrogen and oxygen atoms in total. The lowest BCUT2D eigenvalue weighted by molar-refractivity contribution is 1.18. The summed E-state index contributed by atoms with van der Waals surface area (Å²) in [4.78, 5) is 0. The molecule has 11 rings (SSSR count). The van der Waals surface area contributed by atoms with Gasteiger partial charge in [0.15, 0.2) is 0 Å². The molecule has 0 bridgehead atoms. The van der Waals surface area contributed by atoms with E-state index in [0.29, 0.717) is 0 Å². The molecule has 0 unspecified atom stereocenters. The number of benzene rings is 9. The van der Waals surface area contributed by atoms with Gasteiger partial charge in [-0.15, -0.1) is 0 Å². The molecular formula is C54H36N2. The van der Waals surface area contributed by atoms with Crippen LogP contribution in [0.4, 0.5) is 0 Å². The van der Waals surface area contributed by atoms with Crippen molar-refractivity contribution in [3.63, 3.8) is 0 Å². The van der Waals surface area contributed by atoms with Gasteiger partial charge in [-0.3, -0.25) is 0 Å². The quantitative estimate of drug-likeness (QED) is 0.162. The second-order valence-corrected chi connectivity index (χ2v) is 14.5. The first-order valence-electron chi connectivity index (χ1n) is 19.3. The van der Waals surface area contributed by atoms with E-state index >= 15 is 0 Å². The summed E-state index contributed by atoms with van der Waals surface area (Å²) >= 11 is 0. The van der Waals surface area contributed by atoms with Crippen LogP contribution in [0.2, 0.25) is 0 Å². The summed E-state index contributed by atoms with van der Waals surface area (Å²) in [6.07, 6.45) is 0. The Morgan fingerprint density at radius 1 is 0.250 bits per heavy atom. The Hall–Kier alpha value is -7.42. The normalized spacial score (nSPS) is 11.6. The number of para-hydroxylation sites is 2. The highest BCUT2D eigenvalue weighted by atomic mass is 15.0. The highest BCUT2D eigenvalue weighted by Crippen LogP contribution is 2.42. The predicted molar refractivity (Wildman–Crippen MR) is 237 cm³/mol. The topological polar surface area (TPSA) is 9.86 Å². The summed E-state index contributed by atoms with van der Waals surface area (Å²) in [5.74, 6) is 0. The van der Waals surface area contributed by atoms with E-state index in [9.17, 15) is 0 Å². The Bertz CT molecular complexity index is 3210. The minimum Gasteiger partial charge on any atom is -0.309 e.